The Labute approximate surface area is 531 Å². The van der Waals surface area contributed by atoms with E-state index < -0.39 is 35.2 Å². The fourth-order valence-corrected chi connectivity index (χ4v) is 12.3. The molecule has 4 unspecified atom stereocenters. The number of hydrogen-bond acceptors (Lipinski definition) is 19. The third-order valence-corrected chi connectivity index (χ3v) is 17.7. The largest absolute Gasteiger partial charge is 0.508 e. The van der Waals surface area contributed by atoms with E-state index in [0.29, 0.717) is 81.7 Å². The lowest BCUT2D eigenvalue weighted by molar-refractivity contribution is -0.120. The van der Waals surface area contributed by atoms with Crippen molar-refractivity contribution in [3.8, 4) is 57.1 Å². The van der Waals surface area contributed by atoms with Crippen LogP contribution in [0.4, 0.5) is 0 Å². The predicted molar refractivity (Wildman–Crippen MR) is 346 cm³/mol. The summed E-state index contributed by atoms with van der Waals surface area (Å²) in [4.78, 5) is 51.0. The molecular formula is C73H73N3O16. The van der Waals surface area contributed by atoms with E-state index >= 15 is 0 Å². The van der Waals surface area contributed by atoms with E-state index in [1.807, 2.05) is 90.9 Å². The molecular weight excluding hydrogens is 1170 g/mol. The summed E-state index contributed by atoms with van der Waals surface area (Å²) in [6.07, 6.45) is 17.7. The highest BCUT2D eigenvalue weighted by atomic mass is 16.5. The molecule has 0 radical (unpaired) electrons. The van der Waals surface area contributed by atoms with E-state index in [0.717, 1.165) is 45.4 Å². The minimum Gasteiger partial charge on any atom is -0.508 e. The van der Waals surface area contributed by atoms with Crippen molar-refractivity contribution in [2.24, 2.45) is 0 Å². The van der Waals surface area contributed by atoms with Crippen molar-refractivity contribution in [3.05, 3.63) is 204 Å². The number of allylic oxidation sites excluding steroid dienone is 4. The van der Waals surface area contributed by atoms with Gasteiger partial charge >= 0.3 is 0 Å². The number of nitrogens with zero attached hydrogens (tertiary/aromatic N) is 3. The number of hydrogen-bond donors (Lipinski definition) is 8. The third kappa shape index (κ3) is 11.6. The van der Waals surface area contributed by atoms with Gasteiger partial charge in [-0.1, -0.05) is 11.6 Å². The number of phenols is 6. The second kappa shape index (κ2) is 24.2. The molecule has 0 amide bonds. The van der Waals surface area contributed by atoms with Crippen molar-refractivity contribution in [1.82, 2.24) is 14.9 Å². The van der Waals surface area contributed by atoms with Gasteiger partial charge in [0, 0.05) is 64.1 Å². The molecule has 13 rings (SSSR count). The summed E-state index contributed by atoms with van der Waals surface area (Å²) in [5.41, 5.74) is 8.20. The Morgan fingerprint density at radius 1 is 0.641 bits per heavy atom. The number of aliphatic hydroxyl groups excluding tert-OH is 2. The molecule has 2 aliphatic carbocycles. The summed E-state index contributed by atoms with van der Waals surface area (Å²) in [6.45, 7) is 17.4. The zero-order chi connectivity index (χ0) is 66.2. The minimum atomic E-state index is -0.749. The number of aromatic nitrogens is 2. The van der Waals surface area contributed by atoms with Crippen molar-refractivity contribution >= 4 is 39.8 Å². The lowest BCUT2D eigenvalue weighted by atomic mass is 9.74. The van der Waals surface area contributed by atoms with Crippen LogP contribution in [-0.4, -0.2) is 99.1 Å². The highest BCUT2D eigenvalue weighted by molar-refractivity contribution is 6.08. The summed E-state index contributed by atoms with van der Waals surface area (Å²) in [5, 5.41) is 83.1. The first-order valence-corrected chi connectivity index (χ1v) is 30.2. The van der Waals surface area contributed by atoms with Crippen LogP contribution in [0, 0.1) is 20.8 Å². The predicted octanol–water partition coefficient (Wildman–Crippen LogP) is 13.6. The Kier molecular flexibility index (Phi) is 16.6. The maximum Gasteiger partial charge on any atom is 0.204 e. The van der Waals surface area contributed by atoms with Crippen LogP contribution in [0.15, 0.2) is 142 Å². The van der Waals surface area contributed by atoms with Crippen LogP contribution in [0.5, 0.6) is 46.0 Å². The number of fused-ring (bicyclic) bond motifs is 12. The number of Topliss-reactive ketones (excluding diaryl/α,β-unsaturated/α-hetero) is 2. The minimum absolute atomic E-state index is 0.0945. The van der Waals surface area contributed by atoms with Gasteiger partial charge in [0.15, 0.2) is 29.4 Å². The second-order valence-corrected chi connectivity index (χ2v) is 25.6. The fourth-order valence-electron chi connectivity index (χ4n) is 12.3. The summed E-state index contributed by atoms with van der Waals surface area (Å²) >= 11 is 0. The Morgan fingerprint density at radius 3 is 1.61 bits per heavy atom. The van der Waals surface area contributed by atoms with Crippen LogP contribution in [0.1, 0.15) is 146 Å². The molecule has 0 saturated heterocycles. The summed E-state index contributed by atoms with van der Waals surface area (Å²) in [7, 11) is 3.89. The number of carbonyl (C=O) groups is 2. The topological polar surface area (TPSA) is 292 Å². The van der Waals surface area contributed by atoms with Crippen molar-refractivity contribution in [3.63, 3.8) is 0 Å². The van der Waals surface area contributed by atoms with E-state index in [2.05, 4.69) is 9.97 Å². The summed E-state index contributed by atoms with van der Waals surface area (Å²) < 4.78 is 30.4. The van der Waals surface area contributed by atoms with Gasteiger partial charge in [-0.2, -0.15) is 0 Å². The second-order valence-electron chi connectivity index (χ2n) is 25.6. The average molecular weight is 1250 g/mol. The smallest absolute Gasteiger partial charge is 0.204 e. The highest BCUT2D eigenvalue weighted by Crippen LogP contribution is 2.52. The van der Waals surface area contributed by atoms with Gasteiger partial charge in [0.2, 0.25) is 5.43 Å². The van der Waals surface area contributed by atoms with Gasteiger partial charge in [0.05, 0.1) is 51.9 Å². The number of benzene rings is 4. The summed E-state index contributed by atoms with van der Waals surface area (Å²) in [6, 6.07) is 12.3. The number of carbonyl (C=O) groups excluding carboxylic acids is 2. The van der Waals surface area contributed by atoms with Crippen LogP contribution in [0.2, 0.25) is 0 Å². The molecule has 4 aromatic carbocycles. The standard InChI is InChI=1S/C26H26O6.C24H23NO5.C23H24N2O5/c1-13-18(27)10-14(11-19(13)28)17-12-30-23-15-6-8-25(2,3)31-22(15)16-7-9-26(4,5)32-24(16)20(23)21(17)29;1-12(2)4-5-16-15-6-7-25-10-17(15)24-21(22(16)28)23(29)18(11-30-24)14-8-19(26)13(3)20(27)9-14;1-12-18(26)8-13(9-19(12)27)17-11-30-23-16-10-24-6-4-14(16)15(5-7-25(2)3)21(28)20(23)22(17)29/h6,8,10-12,27-28H,7,9H2,1-5H3;4,6-11,16,24,26-27,29H,5H2,1-3H3;4,6,8-11,15,23,26-27,29H,5,7H2,1-3H3. The first-order chi connectivity index (χ1) is 43.6. The number of phenolic OH excluding ortho intramolecular Hbond substituents is 6. The third-order valence-electron chi connectivity index (χ3n) is 17.7. The molecule has 3 aromatic heterocycles. The zero-order valence-electron chi connectivity index (χ0n) is 52.9. The van der Waals surface area contributed by atoms with Gasteiger partial charge < -0.3 is 69.1 Å². The molecule has 19 heteroatoms. The maximum absolute atomic E-state index is 13.8. The SMILES string of the molecule is CC(C)=CCC1C(=O)C2=C(O)C(c3cc(O)c(C)c(O)c3)=COC2c2cnccc21.Cc1c(O)cc(-c2coc3c4c(c5c(c3c2=O)OC(C)(C)CC5)OC(C)(C)C=C4)cc1O.Cc1c(O)cc(C2=COC3C(=C2O)C(=O)C(CCN(C)C)c2ccncc23)cc1O. The Balaban J connectivity index is 0.000000141. The van der Waals surface area contributed by atoms with E-state index in [1.54, 1.807) is 45.6 Å². The molecule has 6 aliphatic rings. The molecule has 0 fully saturated rings. The quantitative estimate of drug-likeness (QED) is 0.0656. The number of ketones is 2. The lowest BCUT2D eigenvalue weighted by Crippen LogP contribution is -2.35. The molecule has 0 bridgehead atoms. The highest BCUT2D eigenvalue weighted by Gasteiger charge is 2.45. The van der Waals surface area contributed by atoms with Gasteiger partial charge in [0.25, 0.3) is 0 Å². The Bertz CT molecular complexity index is 4430. The van der Waals surface area contributed by atoms with Crippen molar-refractivity contribution < 1.29 is 73.8 Å². The van der Waals surface area contributed by atoms with E-state index in [9.17, 15) is 55.2 Å². The van der Waals surface area contributed by atoms with E-state index in [-0.39, 0.29) is 90.9 Å². The molecule has 7 heterocycles. The molecule has 0 spiro atoms. The fraction of sp³-hybridized carbons (Fsp3) is 0.301. The number of pyridine rings is 2. The molecule has 0 saturated carbocycles. The Morgan fingerprint density at radius 2 is 1.12 bits per heavy atom. The van der Waals surface area contributed by atoms with Gasteiger partial charge in [-0.3, -0.25) is 24.4 Å². The van der Waals surface area contributed by atoms with Crippen molar-refractivity contribution in [2.45, 2.75) is 123 Å². The number of rotatable bonds is 8. The van der Waals surface area contributed by atoms with Gasteiger partial charge in [0.1, 0.15) is 80.4 Å². The molecule has 92 heavy (non-hydrogen) atoms. The molecule has 8 N–H and O–H groups in total. The van der Waals surface area contributed by atoms with Gasteiger partial charge in [-0.05, 0) is 197 Å². The normalized spacial score (nSPS) is 19.5. The maximum atomic E-state index is 13.8. The molecule has 19 nitrogen and oxygen atoms in total. The monoisotopic (exact) mass is 1250 g/mol. The Hall–Kier alpha value is -10.3. The van der Waals surface area contributed by atoms with Crippen molar-refractivity contribution in [2.75, 3.05) is 20.6 Å². The van der Waals surface area contributed by atoms with Crippen LogP contribution in [0.25, 0.3) is 39.3 Å². The van der Waals surface area contributed by atoms with Crippen LogP contribution < -0.4 is 14.9 Å². The van der Waals surface area contributed by atoms with Crippen LogP contribution in [-0.2, 0) is 25.5 Å². The lowest BCUT2D eigenvalue weighted by Gasteiger charge is -2.37. The van der Waals surface area contributed by atoms with Crippen LogP contribution in [0.3, 0.4) is 0 Å². The average Bonchev–Trinajstić information content (AvgIpc) is 0.745. The zero-order valence-corrected chi connectivity index (χ0v) is 52.9. The van der Waals surface area contributed by atoms with Crippen molar-refractivity contribution in [1.29, 1.82) is 0 Å². The molecule has 4 aliphatic heterocycles. The van der Waals surface area contributed by atoms with E-state index in [4.69, 9.17) is 23.4 Å². The number of aromatic hydroxyl groups is 6. The van der Waals surface area contributed by atoms with Gasteiger partial charge in [-0.25, -0.2) is 0 Å². The first kappa shape index (κ1) is 63.3. The number of aliphatic hydroxyl groups is 2. The molecule has 7 aromatic rings. The van der Waals surface area contributed by atoms with Gasteiger partial charge in [-0.15, -0.1) is 0 Å². The number of ether oxygens (including phenoxy) is 4. The van der Waals surface area contributed by atoms with E-state index in [1.165, 1.54) is 55.2 Å². The molecule has 4 atom stereocenters. The molecule has 476 valence electrons. The first-order valence-electron chi connectivity index (χ1n) is 30.2. The summed E-state index contributed by atoms with van der Waals surface area (Å²) in [5.74, 6) is -1.15. The van der Waals surface area contributed by atoms with Crippen LogP contribution >= 0.6 is 0 Å².